The Labute approximate surface area is 180 Å². The molecule has 0 fully saturated rings. The molecule has 0 bridgehead atoms. The molecule has 0 aliphatic carbocycles. The highest BCUT2D eigenvalue weighted by Gasteiger charge is 2.34. The van der Waals surface area contributed by atoms with Crippen molar-refractivity contribution in [2.24, 2.45) is 0 Å². The van der Waals surface area contributed by atoms with E-state index in [-0.39, 0.29) is 4.90 Å². The number of aryl methyl sites for hydroxylation is 1. The summed E-state index contributed by atoms with van der Waals surface area (Å²) in [5.41, 5.74) is 1.74. The lowest BCUT2D eigenvalue weighted by Crippen LogP contribution is -2.43. The first kappa shape index (κ1) is 21.5. The van der Waals surface area contributed by atoms with Crippen molar-refractivity contribution in [3.05, 3.63) is 101 Å². The maximum Gasteiger partial charge on any atom is 0.241 e. The summed E-state index contributed by atoms with van der Waals surface area (Å²) >= 11 is 12.9. The molecule has 3 rings (SSSR count). The molecule has 29 heavy (non-hydrogen) atoms. The SMILES string of the molecule is Cc1ccc(S(=O)(=O)N[C@@H](C(=O)c2ccccc2)[C@H](Cl)c2ccccc2Cl)cc1. The lowest BCUT2D eigenvalue weighted by Gasteiger charge is -2.23. The Morgan fingerprint density at radius 2 is 1.48 bits per heavy atom. The minimum atomic E-state index is -3.99. The molecule has 7 heteroatoms. The third kappa shape index (κ3) is 5.06. The first-order chi connectivity index (χ1) is 13.8. The molecule has 3 aromatic rings. The largest absolute Gasteiger partial charge is 0.292 e. The highest BCUT2D eigenvalue weighted by atomic mass is 35.5. The lowest BCUT2D eigenvalue weighted by molar-refractivity contribution is 0.0951. The minimum absolute atomic E-state index is 0.0528. The second-order valence-electron chi connectivity index (χ2n) is 6.57. The fraction of sp³-hybridized carbons (Fsp3) is 0.136. The molecule has 0 heterocycles. The number of nitrogens with one attached hydrogen (secondary N) is 1. The molecule has 0 spiro atoms. The van der Waals surface area contributed by atoms with Gasteiger partial charge in [0, 0.05) is 10.6 Å². The van der Waals surface area contributed by atoms with Crippen LogP contribution in [0.5, 0.6) is 0 Å². The van der Waals surface area contributed by atoms with Crippen molar-refractivity contribution in [3.63, 3.8) is 0 Å². The van der Waals surface area contributed by atoms with E-state index in [0.717, 1.165) is 5.56 Å². The van der Waals surface area contributed by atoms with Gasteiger partial charge in [-0.2, -0.15) is 4.72 Å². The van der Waals surface area contributed by atoms with Crippen molar-refractivity contribution in [2.75, 3.05) is 0 Å². The van der Waals surface area contributed by atoms with Gasteiger partial charge >= 0.3 is 0 Å². The van der Waals surface area contributed by atoms with Crippen molar-refractivity contribution >= 4 is 39.0 Å². The summed E-state index contributed by atoms with van der Waals surface area (Å²) < 4.78 is 28.4. The van der Waals surface area contributed by atoms with Crippen molar-refractivity contribution in [1.29, 1.82) is 0 Å². The van der Waals surface area contributed by atoms with Gasteiger partial charge in [-0.1, -0.05) is 77.8 Å². The summed E-state index contributed by atoms with van der Waals surface area (Å²) in [6, 6.07) is 20.3. The van der Waals surface area contributed by atoms with Crippen LogP contribution in [0.25, 0.3) is 0 Å². The molecule has 0 aliphatic heterocycles. The van der Waals surface area contributed by atoms with E-state index >= 15 is 0 Å². The van der Waals surface area contributed by atoms with Gasteiger partial charge in [0.2, 0.25) is 10.0 Å². The summed E-state index contributed by atoms with van der Waals surface area (Å²) in [6.45, 7) is 1.86. The number of hydrogen-bond donors (Lipinski definition) is 1. The molecule has 0 aliphatic rings. The van der Waals surface area contributed by atoms with E-state index < -0.39 is 27.2 Å². The number of ketones is 1. The number of hydrogen-bond acceptors (Lipinski definition) is 3. The van der Waals surface area contributed by atoms with E-state index in [1.807, 2.05) is 6.92 Å². The Morgan fingerprint density at radius 3 is 2.10 bits per heavy atom. The van der Waals surface area contributed by atoms with Crippen molar-refractivity contribution in [3.8, 4) is 0 Å². The zero-order valence-corrected chi connectivity index (χ0v) is 17.9. The molecule has 0 amide bonds. The van der Waals surface area contributed by atoms with Crippen LogP contribution in [-0.4, -0.2) is 20.2 Å². The van der Waals surface area contributed by atoms with E-state index in [9.17, 15) is 13.2 Å². The molecule has 0 unspecified atom stereocenters. The third-order valence-corrected chi connectivity index (χ3v) is 6.74. The molecule has 4 nitrogen and oxygen atoms in total. The van der Waals surface area contributed by atoms with Gasteiger partial charge in [-0.15, -0.1) is 11.6 Å². The lowest BCUT2D eigenvalue weighted by atomic mass is 9.98. The maximum absolute atomic E-state index is 13.2. The molecular weight excluding hydrogens is 429 g/mol. The number of halogens is 2. The van der Waals surface area contributed by atoms with Crippen LogP contribution in [0.4, 0.5) is 0 Å². The maximum atomic E-state index is 13.2. The molecular formula is C22H19Cl2NO3S. The number of benzene rings is 3. The monoisotopic (exact) mass is 447 g/mol. The number of sulfonamides is 1. The van der Waals surface area contributed by atoms with Crippen molar-refractivity contribution in [2.45, 2.75) is 23.2 Å². The summed E-state index contributed by atoms with van der Waals surface area (Å²) in [4.78, 5) is 13.2. The average molecular weight is 448 g/mol. The first-order valence-electron chi connectivity index (χ1n) is 8.86. The van der Waals surface area contributed by atoms with Gasteiger partial charge in [0.1, 0.15) is 6.04 Å². The molecule has 1 N–H and O–H groups in total. The van der Waals surface area contributed by atoms with E-state index in [1.54, 1.807) is 66.7 Å². The van der Waals surface area contributed by atoms with Crippen molar-refractivity contribution < 1.29 is 13.2 Å². The normalized spacial score (nSPS) is 13.6. The smallest absolute Gasteiger partial charge is 0.241 e. The summed E-state index contributed by atoms with van der Waals surface area (Å²) in [5.74, 6) is -0.443. The number of carbonyl (C=O) groups is 1. The van der Waals surface area contributed by atoms with Crippen LogP contribution in [0.1, 0.15) is 26.9 Å². The van der Waals surface area contributed by atoms with Gasteiger partial charge in [0.05, 0.1) is 10.3 Å². The summed E-state index contributed by atoms with van der Waals surface area (Å²) in [6.07, 6.45) is 0. The average Bonchev–Trinajstić information content (AvgIpc) is 2.72. The van der Waals surface area contributed by atoms with Crippen LogP contribution < -0.4 is 4.72 Å². The van der Waals surface area contributed by atoms with Crippen LogP contribution in [0.2, 0.25) is 5.02 Å². The van der Waals surface area contributed by atoms with Crippen molar-refractivity contribution in [1.82, 2.24) is 4.72 Å². The van der Waals surface area contributed by atoms with Crippen LogP contribution in [0.15, 0.2) is 83.8 Å². The van der Waals surface area contributed by atoms with E-state index in [2.05, 4.69) is 4.72 Å². The topological polar surface area (TPSA) is 63.2 Å². The Kier molecular flexibility index (Phi) is 6.75. The predicted molar refractivity (Wildman–Crippen MR) is 116 cm³/mol. The van der Waals surface area contributed by atoms with Gasteiger partial charge < -0.3 is 0 Å². The highest BCUT2D eigenvalue weighted by molar-refractivity contribution is 7.89. The molecule has 0 saturated carbocycles. The molecule has 3 aromatic carbocycles. The van der Waals surface area contributed by atoms with Crippen LogP contribution in [0, 0.1) is 6.92 Å². The van der Waals surface area contributed by atoms with E-state index in [0.29, 0.717) is 16.1 Å². The number of rotatable bonds is 7. The number of Topliss-reactive ketones (excluding diaryl/α,β-unsaturated/α-hetero) is 1. The Bertz CT molecular complexity index is 1100. The second-order valence-corrected chi connectivity index (χ2v) is 9.16. The van der Waals surface area contributed by atoms with Crippen LogP contribution >= 0.6 is 23.2 Å². The van der Waals surface area contributed by atoms with Crippen LogP contribution in [0.3, 0.4) is 0 Å². The molecule has 0 radical (unpaired) electrons. The van der Waals surface area contributed by atoms with Gasteiger partial charge in [-0.25, -0.2) is 8.42 Å². The standard InChI is InChI=1S/C22H19Cl2NO3S/c1-15-11-13-17(14-12-15)29(27,28)25-21(22(26)16-7-3-2-4-8-16)20(24)18-9-5-6-10-19(18)23/h2-14,20-21,25H,1H3/t20-,21-/m1/s1. The van der Waals surface area contributed by atoms with Gasteiger partial charge in [-0.3, -0.25) is 4.79 Å². The second kappa shape index (κ2) is 9.09. The zero-order valence-electron chi connectivity index (χ0n) is 15.5. The Morgan fingerprint density at radius 1 is 0.897 bits per heavy atom. The molecule has 0 saturated heterocycles. The predicted octanol–water partition coefficient (Wildman–Crippen LogP) is 5.16. The Hall–Kier alpha value is -2.18. The van der Waals surface area contributed by atoms with Gasteiger partial charge in [0.25, 0.3) is 0 Å². The number of alkyl halides is 1. The van der Waals surface area contributed by atoms with Crippen LogP contribution in [-0.2, 0) is 10.0 Å². The van der Waals surface area contributed by atoms with E-state index in [1.165, 1.54) is 12.1 Å². The minimum Gasteiger partial charge on any atom is -0.292 e. The van der Waals surface area contributed by atoms with Gasteiger partial charge in [0.15, 0.2) is 5.78 Å². The molecule has 0 aromatic heterocycles. The summed E-state index contributed by atoms with van der Waals surface area (Å²) in [7, 11) is -3.99. The number of carbonyl (C=O) groups excluding carboxylic acids is 1. The fourth-order valence-electron chi connectivity index (χ4n) is 2.86. The Balaban J connectivity index is 2.02. The fourth-order valence-corrected chi connectivity index (χ4v) is 4.82. The molecule has 150 valence electrons. The zero-order chi connectivity index (χ0) is 21.0. The van der Waals surface area contributed by atoms with Gasteiger partial charge in [-0.05, 0) is 30.7 Å². The quantitative estimate of drug-likeness (QED) is 0.401. The third-order valence-electron chi connectivity index (χ3n) is 4.45. The molecule has 2 atom stereocenters. The first-order valence-corrected chi connectivity index (χ1v) is 11.2. The summed E-state index contributed by atoms with van der Waals surface area (Å²) in [5, 5.41) is -0.649. The van der Waals surface area contributed by atoms with E-state index in [4.69, 9.17) is 23.2 Å². The highest BCUT2D eigenvalue weighted by Crippen LogP contribution is 2.32.